The fourth-order valence-electron chi connectivity index (χ4n) is 3.59. The molecule has 0 saturated heterocycles. The number of fused-ring (bicyclic) bond motifs is 1. The zero-order valence-electron chi connectivity index (χ0n) is 17.7. The Morgan fingerprint density at radius 1 is 1.10 bits per heavy atom. The number of H-pyrrole nitrogens is 1. The number of aromatic nitrogens is 4. The van der Waals surface area contributed by atoms with Crippen molar-refractivity contribution in [1.82, 2.24) is 20.2 Å². The molecule has 0 aliphatic rings. The Kier molecular flexibility index (Phi) is 5.36. The lowest BCUT2D eigenvalue weighted by Gasteiger charge is -2.23. The molecule has 1 N–H and O–H groups in total. The van der Waals surface area contributed by atoms with E-state index in [1.54, 1.807) is 13.2 Å². The molecule has 9 heteroatoms. The first-order valence-electron chi connectivity index (χ1n) is 9.64. The summed E-state index contributed by atoms with van der Waals surface area (Å²) in [6.07, 6.45) is 3.23. The second kappa shape index (κ2) is 7.99. The maximum absolute atomic E-state index is 12.0. The van der Waals surface area contributed by atoms with Crippen molar-refractivity contribution in [3.05, 3.63) is 65.5 Å². The second-order valence-electron chi connectivity index (χ2n) is 7.36. The molecule has 2 heterocycles. The molecule has 2 aromatic carbocycles. The quantitative estimate of drug-likeness (QED) is 0.461. The van der Waals surface area contributed by atoms with Gasteiger partial charge >= 0.3 is 0 Å². The molecule has 31 heavy (non-hydrogen) atoms. The first kappa shape index (κ1) is 20.8. The fraction of sp³-hybridized carbons (Fsp3) is 0.227. The van der Waals surface area contributed by atoms with Gasteiger partial charge in [-0.3, -0.25) is 5.10 Å². The molecule has 160 valence electrons. The maximum Gasteiger partial charge on any atom is 0.248 e. The van der Waals surface area contributed by atoms with Crippen LogP contribution in [0.4, 0.5) is 11.5 Å². The van der Waals surface area contributed by atoms with E-state index < -0.39 is 9.84 Å². The molecule has 4 aromatic rings. The van der Waals surface area contributed by atoms with Gasteiger partial charge in [0, 0.05) is 24.9 Å². The van der Waals surface area contributed by atoms with E-state index in [9.17, 15) is 8.42 Å². The predicted molar refractivity (Wildman–Crippen MR) is 120 cm³/mol. The molecule has 4 rings (SSSR count). The topological polar surface area (TPSA) is 101 Å². The van der Waals surface area contributed by atoms with Gasteiger partial charge in [-0.05, 0) is 48.7 Å². The summed E-state index contributed by atoms with van der Waals surface area (Å²) in [5.41, 5.74) is 4.85. The van der Waals surface area contributed by atoms with E-state index in [0.29, 0.717) is 12.2 Å². The molecule has 8 nitrogen and oxygen atoms in total. The molecule has 0 bridgehead atoms. The predicted octanol–water partition coefficient (Wildman–Crippen LogP) is 3.43. The Morgan fingerprint density at radius 3 is 2.52 bits per heavy atom. The van der Waals surface area contributed by atoms with Crippen LogP contribution in [0.25, 0.3) is 10.9 Å². The molecular formula is C22H23N5O3S. The van der Waals surface area contributed by atoms with Crippen molar-refractivity contribution in [3.63, 3.8) is 0 Å². The van der Waals surface area contributed by atoms with E-state index in [2.05, 4.69) is 26.2 Å². The number of ether oxygens (including phenoxy) is 1. The van der Waals surface area contributed by atoms with E-state index in [4.69, 9.17) is 4.74 Å². The van der Waals surface area contributed by atoms with Crippen LogP contribution in [0.3, 0.4) is 0 Å². The second-order valence-corrected chi connectivity index (χ2v) is 9.27. The molecule has 0 saturated carbocycles. The lowest BCUT2D eigenvalue weighted by Crippen LogP contribution is -2.16. The number of aryl methyl sites for hydroxylation is 1. The van der Waals surface area contributed by atoms with Gasteiger partial charge in [0.2, 0.25) is 15.0 Å². The molecule has 0 unspecified atom stereocenters. The van der Waals surface area contributed by atoms with Crippen molar-refractivity contribution in [2.45, 2.75) is 18.5 Å². The summed E-state index contributed by atoms with van der Waals surface area (Å²) < 4.78 is 29.2. The van der Waals surface area contributed by atoms with Crippen LogP contribution >= 0.6 is 0 Å². The highest BCUT2D eigenvalue weighted by molar-refractivity contribution is 7.90. The number of aromatic amines is 1. The highest BCUT2D eigenvalue weighted by Gasteiger charge is 2.20. The van der Waals surface area contributed by atoms with Crippen LogP contribution in [-0.4, -0.2) is 49.0 Å². The van der Waals surface area contributed by atoms with E-state index in [0.717, 1.165) is 45.4 Å². The third-order valence-corrected chi connectivity index (χ3v) is 6.01. The average Bonchev–Trinajstić information content (AvgIpc) is 3.14. The number of hydrogen-bond donors (Lipinski definition) is 1. The lowest BCUT2D eigenvalue weighted by atomic mass is 9.99. The largest absolute Gasteiger partial charge is 0.497 e. The third kappa shape index (κ3) is 4.09. The van der Waals surface area contributed by atoms with Gasteiger partial charge in [0.15, 0.2) is 0 Å². The summed E-state index contributed by atoms with van der Waals surface area (Å²) in [4.78, 5) is 10.1. The molecule has 0 atom stereocenters. The van der Waals surface area contributed by atoms with Gasteiger partial charge < -0.3 is 9.64 Å². The minimum Gasteiger partial charge on any atom is -0.497 e. The number of anilines is 2. The number of nitrogens with zero attached hydrogens (tertiary/aromatic N) is 4. The van der Waals surface area contributed by atoms with Gasteiger partial charge in [0.1, 0.15) is 11.6 Å². The van der Waals surface area contributed by atoms with Gasteiger partial charge in [-0.25, -0.2) is 18.4 Å². The van der Waals surface area contributed by atoms with E-state index in [1.165, 1.54) is 6.20 Å². The van der Waals surface area contributed by atoms with Crippen LogP contribution in [-0.2, 0) is 16.3 Å². The highest BCUT2D eigenvalue weighted by Crippen LogP contribution is 2.36. The van der Waals surface area contributed by atoms with Gasteiger partial charge in [0.25, 0.3) is 0 Å². The Hall–Kier alpha value is -3.46. The minimum atomic E-state index is -3.53. The summed E-state index contributed by atoms with van der Waals surface area (Å²) in [5.74, 6) is 1.29. The number of methoxy groups -OCH3 is 1. The molecule has 0 aliphatic heterocycles. The molecular weight excluding hydrogens is 414 g/mol. The monoisotopic (exact) mass is 437 g/mol. The first-order chi connectivity index (χ1) is 14.8. The van der Waals surface area contributed by atoms with Crippen molar-refractivity contribution in [2.24, 2.45) is 0 Å². The first-order valence-corrected chi connectivity index (χ1v) is 11.5. The van der Waals surface area contributed by atoms with Gasteiger partial charge in [-0.15, -0.1) is 0 Å². The van der Waals surface area contributed by atoms with Crippen molar-refractivity contribution >= 4 is 32.2 Å². The number of rotatable bonds is 6. The van der Waals surface area contributed by atoms with Crippen LogP contribution in [0, 0.1) is 6.92 Å². The Morgan fingerprint density at radius 2 is 1.84 bits per heavy atom. The zero-order chi connectivity index (χ0) is 22.2. The van der Waals surface area contributed by atoms with Crippen LogP contribution in [0.15, 0.2) is 53.8 Å². The highest BCUT2D eigenvalue weighted by atomic mass is 32.2. The molecule has 0 spiro atoms. The minimum absolute atomic E-state index is 0.204. The van der Waals surface area contributed by atoms with Crippen molar-refractivity contribution in [3.8, 4) is 5.75 Å². The zero-order valence-corrected chi connectivity index (χ0v) is 18.6. The molecule has 0 amide bonds. The summed E-state index contributed by atoms with van der Waals surface area (Å²) in [7, 11) is -0.0142. The number of benzene rings is 2. The van der Waals surface area contributed by atoms with Crippen LogP contribution in [0.1, 0.15) is 16.8 Å². The van der Waals surface area contributed by atoms with E-state index in [1.807, 2.05) is 49.2 Å². The molecule has 0 fully saturated rings. The maximum atomic E-state index is 12.0. The fourth-order valence-corrected chi connectivity index (χ4v) is 4.11. The number of hydrogen-bond acceptors (Lipinski definition) is 7. The summed E-state index contributed by atoms with van der Waals surface area (Å²) in [6.45, 7) is 1.94. The summed E-state index contributed by atoms with van der Waals surface area (Å²) in [5, 5.41) is 8.18. The van der Waals surface area contributed by atoms with Gasteiger partial charge in [0.05, 0.1) is 24.0 Å². The molecule has 2 aromatic heterocycles. The number of nitrogens with one attached hydrogen (secondary N) is 1. The van der Waals surface area contributed by atoms with Crippen molar-refractivity contribution < 1.29 is 13.2 Å². The van der Waals surface area contributed by atoms with Crippen molar-refractivity contribution in [2.75, 3.05) is 25.3 Å². The normalized spacial score (nSPS) is 11.6. The van der Waals surface area contributed by atoms with E-state index in [-0.39, 0.29) is 5.16 Å². The van der Waals surface area contributed by atoms with E-state index >= 15 is 0 Å². The number of sulfone groups is 1. The Bertz CT molecular complexity index is 1350. The van der Waals surface area contributed by atoms with Crippen LogP contribution in [0.5, 0.6) is 5.75 Å². The third-order valence-electron chi connectivity index (χ3n) is 5.15. The lowest BCUT2D eigenvalue weighted by molar-refractivity contribution is 0.414. The average molecular weight is 438 g/mol. The SMILES string of the molecule is COc1ccc(Cc2ccc3[nH]nc(C)c3c2N(C)c2ccnc(S(C)(=O)=O)n2)cc1. The molecule has 0 radical (unpaired) electrons. The molecule has 0 aliphatic carbocycles. The summed E-state index contributed by atoms with van der Waals surface area (Å²) in [6, 6.07) is 13.7. The summed E-state index contributed by atoms with van der Waals surface area (Å²) >= 11 is 0. The van der Waals surface area contributed by atoms with Crippen LogP contribution < -0.4 is 9.64 Å². The Labute approximate surface area is 180 Å². The van der Waals surface area contributed by atoms with Gasteiger partial charge in [-0.1, -0.05) is 18.2 Å². The van der Waals surface area contributed by atoms with Crippen LogP contribution in [0.2, 0.25) is 0 Å². The van der Waals surface area contributed by atoms with Crippen molar-refractivity contribution in [1.29, 1.82) is 0 Å². The van der Waals surface area contributed by atoms with Gasteiger partial charge in [-0.2, -0.15) is 5.10 Å². The standard InChI is InChI=1S/C22H23N5O3S/c1-14-20-18(26-25-14)10-7-16(13-15-5-8-17(30-3)9-6-15)21(20)27(2)19-11-12-23-22(24-19)31(4,28)29/h5-12H,13H2,1-4H3,(H,25,26). The Balaban J connectivity index is 1.85. The smallest absolute Gasteiger partial charge is 0.248 e.